The summed E-state index contributed by atoms with van der Waals surface area (Å²) in [5, 5.41) is -0.0416. The summed E-state index contributed by atoms with van der Waals surface area (Å²) in [4.78, 5) is 24.4. The van der Waals surface area contributed by atoms with Crippen molar-refractivity contribution in [2.24, 2.45) is 11.7 Å². The Labute approximate surface area is 206 Å². The molecule has 0 spiro atoms. The molecular weight excluding hydrogens is 466 g/mol. The van der Waals surface area contributed by atoms with Gasteiger partial charge in [-0.2, -0.15) is 0 Å². The summed E-state index contributed by atoms with van der Waals surface area (Å²) in [6.07, 6.45) is 0.741. The van der Waals surface area contributed by atoms with Crippen LogP contribution < -0.4 is 15.2 Å². The van der Waals surface area contributed by atoms with Gasteiger partial charge in [-0.05, 0) is 49.4 Å². The first-order valence-corrected chi connectivity index (χ1v) is 13.2. The van der Waals surface area contributed by atoms with Crippen molar-refractivity contribution in [1.29, 1.82) is 0 Å². The molecule has 8 nitrogen and oxygen atoms in total. The molecule has 188 valence electrons. The third-order valence-electron chi connectivity index (χ3n) is 5.64. The average Bonchev–Trinajstić information content (AvgIpc) is 3.04. The van der Waals surface area contributed by atoms with E-state index in [9.17, 15) is 18.0 Å². The van der Waals surface area contributed by atoms with Crippen molar-refractivity contribution in [3.05, 3.63) is 65.4 Å². The van der Waals surface area contributed by atoms with Crippen LogP contribution in [-0.2, 0) is 39.0 Å². The lowest BCUT2D eigenvalue weighted by atomic mass is 10.00. The second-order valence-corrected chi connectivity index (χ2v) is 11.5. The number of carbonyl (C=O) groups excluding carboxylic acids is 2. The lowest BCUT2D eigenvalue weighted by molar-refractivity contribution is -0.121. The van der Waals surface area contributed by atoms with E-state index in [1.807, 2.05) is 47.2 Å². The Morgan fingerprint density at radius 2 is 1.71 bits per heavy atom. The number of nitrogens with one attached hydrogen (secondary N) is 1. The van der Waals surface area contributed by atoms with Crippen LogP contribution in [0.5, 0.6) is 5.75 Å². The van der Waals surface area contributed by atoms with Crippen LogP contribution in [-0.4, -0.2) is 36.7 Å². The average molecular weight is 500 g/mol. The van der Waals surface area contributed by atoms with E-state index >= 15 is 0 Å². The molecule has 1 aromatic heterocycles. The molecule has 0 saturated carbocycles. The summed E-state index contributed by atoms with van der Waals surface area (Å²) >= 11 is 0. The van der Waals surface area contributed by atoms with Gasteiger partial charge >= 0.3 is 0 Å². The van der Waals surface area contributed by atoms with Crippen LogP contribution in [0.4, 0.5) is 0 Å². The molecule has 0 saturated heterocycles. The molecule has 0 aliphatic rings. The highest BCUT2D eigenvalue weighted by Crippen LogP contribution is 2.36. The minimum atomic E-state index is -3.76. The maximum Gasteiger partial charge on any atom is 0.271 e. The zero-order valence-electron chi connectivity index (χ0n) is 20.6. The van der Waals surface area contributed by atoms with E-state index in [0.717, 1.165) is 28.8 Å². The number of hydrogen-bond donors (Lipinski definition) is 2. The van der Waals surface area contributed by atoms with Crippen LogP contribution >= 0.6 is 0 Å². The second kappa shape index (κ2) is 10.9. The third-order valence-corrected chi connectivity index (χ3v) is 7.40. The Kier molecular flexibility index (Phi) is 8.22. The van der Waals surface area contributed by atoms with Gasteiger partial charge in [0.2, 0.25) is 15.9 Å². The maximum absolute atomic E-state index is 12.3. The number of sulfonamides is 1. The fourth-order valence-corrected chi connectivity index (χ4v) is 4.61. The van der Waals surface area contributed by atoms with Crippen molar-refractivity contribution >= 4 is 32.7 Å². The molecule has 0 atom stereocenters. The first-order chi connectivity index (χ1) is 16.5. The van der Waals surface area contributed by atoms with Crippen molar-refractivity contribution in [2.45, 2.75) is 52.3 Å². The molecular formula is C26H33N3O5S. The molecule has 2 amide bonds. The lowest BCUT2D eigenvalue weighted by Crippen LogP contribution is -2.38. The quantitative estimate of drug-likeness (QED) is 0.420. The Morgan fingerprint density at radius 1 is 1.03 bits per heavy atom. The number of benzene rings is 2. The SMILES string of the molecule is CC(C)Cc1c(CC(N)=O)c2c(OCC(=O)NS(=O)(=O)C(C)C)cccc2n1Cc1ccccc1. The van der Waals surface area contributed by atoms with Gasteiger partial charge in [-0.1, -0.05) is 50.2 Å². The van der Waals surface area contributed by atoms with E-state index in [1.165, 1.54) is 13.8 Å². The Morgan fingerprint density at radius 3 is 2.31 bits per heavy atom. The number of rotatable bonds is 11. The van der Waals surface area contributed by atoms with E-state index in [1.54, 1.807) is 6.07 Å². The van der Waals surface area contributed by atoms with Crippen molar-refractivity contribution in [1.82, 2.24) is 9.29 Å². The van der Waals surface area contributed by atoms with Gasteiger partial charge in [-0.15, -0.1) is 0 Å². The number of amides is 2. The van der Waals surface area contributed by atoms with Crippen LogP contribution in [0.2, 0.25) is 0 Å². The van der Waals surface area contributed by atoms with Gasteiger partial charge in [-0.25, -0.2) is 13.1 Å². The maximum atomic E-state index is 12.3. The van der Waals surface area contributed by atoms with Gasteiger partial charge in [0.05, 0.1) is 17.2 Å². The molecule has 0 unspecified atom stereocenters. The first kappa shape index (κ1) is 26.3. The zero-order chi connectivity index (χ0) is 25.8. The largest absolute Gasteiger partial charge is 0.483 e. The summed E-state index contributed by atoms with van der Waals surface area (Å²) in [7, 11) is -3.76. The molecule has 0 bridgehead atoms. The van der Waals surface area contributed by atoms with E-state index in [4.69, 9.17) is 10.5 Å². The molecule has 35 heavy (non-hydrogen) atoms. The molecule has 3 rings (SSSR count). The summed E-state index contributed by atoms with van der Waals surface area (Å²) < 4.78 is 34.0. The molecule has 3 N–H and O–H groups in total. The normalized spacial score (nSPS) is 11.8. The minimum Gasteiger partial charge on any atom is -0.483 e. The summed E-state index contributed by atoms with van der Waals surface area (Å²) in [6, 6.07) is 15.5. The van der Waals surface area contributed by atoms with Gasteiger partial charge in [-0.3, -0.25) is 9.59 Å². The van der Waals surface area contributed by atoms with Crippen LogP contribution in [0, 0.1) is 5.92 Å². The molecule has 3 aromatic rings. The molecule has 0 radical (unpaired) electrons. The van der Waals surface area contributed by atoms with Gasteiger partial charge in [0.1, 0.15) is 5.75 Å². The number of ether oxygens (including phenoxy) is 1. The molecule has 0 aliphatic heterocycles. The Bertz CT molecular complexity index is 1310. The smallest absolute Gasteiger partial charge is 0.271 e. The molecule has 9 heteroatoms. The standard InChI is InChI=1S/C26H33N3O5S/c1-17(2)13-22-20(14-24(27)30)26-21(29(22)15-19-9-6-5-7-10-19)11-8-12-23(26)34-16-25(31)28-35(32,33)18(3)4/h5-12,17-18H,13-16H2,1-4H3,(H2,27,30)(H,28,31). The topological polar surface area (TPSA) is 120 Å². The number of primary amides is 1. The number of carbonyl (C=O) groups is 2. The highest BCUT2D eigenvalue weighted by Gasteiger charge is 2.24. The monoisotopic (exact) mass is 499 g/mol. The first-order valence-electron chi connectivity index (χ1n) is 11.6. The summed E-state index contributed by atoms with van der Waals surface area (Å²) in [6.45, 7) is 7.29. The third kappa shape index (κ3) is 6.42. The molecule has 0 aliphatic carbocycles. The van der Waals surface area contributed by atoms with E-state index < -0.39 is 33.7 Å². The number of aromatic nitrogens is 1. The summed E-state index contributed by atoms with van der Waals surface area (Å²) in [5.41, 5.74) is 9.34. The lowest BCUT2D eigenvalue weighted by Gasteiger charge is -2.14. The van der Waals surface area contributed by atoms with Crippen LogP contribution in [0.3, 0.4) is 0 Å². The van der Waals surface area contributed by atoms with Crippen molar-refractivity contribution in [3.8, 4) is 5.75 Å². The van der Waals surface area contributed by atoms with Crippen LogP contribution in [0.15, 0.2) is 48.5 Å². The van der Waals surface area contributed by atoms with Crippen LogP contribution in [0.25, 0.3) is 10.9 Å². The number of nitrogens with zero attached hydrogens (tertiary/aromatic N) is 1. The zero-order valence-corrected chi connectivity index (χ0v) is 21.4. The number of nitrogens with two attached hydrogens (primary N) is 1. The summed E-state index contributed by atoms with van der Waals surface area (Å²) in [5.74, 6) is -0.521. The van der Waals surface area contributed by atoms with Crippen LogP contribution in [0.1, 0.15) is 44.5 Å². The number of fused-ring (bicyclic) bond motifs is 1. The predicted molar refractivity (Wildman–Crippen MR) is 137 cm³/mol. The highest BCUT2D eigenvalue weighted by atomic mass is 32.2. The predicted octanol–water partition coefficient (Wildman–Crippen LogP) is 3.15. The second-order valence-electron chi connectivity index (χ2n) is 9.30. The van der Waals surface area contributed by atoms with E-state index in [0.29, 0.717) is 23.6 Å². The van der Waals surface area contributed by atoms with Gasteiger partial charge in [0.25, 0.3) is 5.91 Å². The van der Waals surface area contributed by atoms with E-state index in [-0.39, 0.29) is 6.42 Å². The fourth-order valence-electron chi connectivity index (χ4n) is 4.00. The molecule has 2 aromatic carbocycles. The van der Waals surface area contributed by atoms with E-state index in [2.05, 4.69) is 18.4 Å². The molecule has 0 fully saturated rings. The Hall–Kier alpha value is -3.33. The van der Waals surface area contributed by atoms with Crippen molar-refractivity contribution in [3.63, 3.8) is 0 Å². The highest BCUT2D eigenvalue weighted by molar-refractivity contribution is 7.90. The molecule has 1 heterocycles. The van der Waals surface area contributed by atoms with Gasteiger partial charge in [0, 0.05) is 17.6 Å². The van der Waals surface area contributed by atoms with Crippen molar-refractivity contribution < 1.29 is 22.7 Å². The van der Waals surface area contributed by atoms with Gasteiger partial charge < -0.3 is 15.0 Å². The Balaban J connectivity index is 2.08. The van der Waals surface area contributed by atoms with Gasteiger partial charge in [0.15, 0.2) is 6.61 Å². The van der Waals surface area contributed by atoms with Crippen molar-refractivity contribution in [2.75, 3.05) is 6.61 Å². The fraction of sp³-hybridized carbons (Fsp3) is 0.385. The number of hydrogen-bond acceptors (Lipinski definition) is 5. The minimum absolute atomic E-state index is 0.0225.